The van der Waals surface area contributed by atoms with Crippen molar-refractivity contribution >= 4 is 5.91 Å². The number of rotatable bonds is 3. The largest absolute Gasteiger partial charge is 0.386 e. The van der Waals surface area contributed by atoms with Crippen molar-refractivity contribution in [3.05, 3.63) is 18.0 Å². The van der Waals surface area contributed by atoms with E-state index in [2.05, 4.69) is 10.2 Å². The van der Waals surface area contributed by atoms with Crippen molar-refractivity contribution < 1.29 is 9.90 Å². The number of β-amino-alcohol motifs (C(OH)–C–C–N with tert-alkyl or cyclic N) is 1. The Morgan fingerprint density at radius 2 is 2.47 bits per heavy atom. The molecule has 5 heteroatoms. The quantitative estimate of drug-likeness (QED) is 0.732. The number of likely N-dealkylation sites (tertiary alicyclic amines) is 1. The van der Waals surface area contributed by atoms with Crippen LogP contribution in [0.5, 0.6) is 0 Å². The van der Waals surface area contributed by atoms with Crippen LogP contribution in [0.15, 0.2) is 12.3 Å². The number of H-pyrrole nitrogens is 1. The first-order chi connectivity index (χ1) is 7.13. The molecule has 1 aromatic rings. The van der Waals surface area contributed by atoms with Crippen LogP contribution in [0, 0.1) is 0 Å². The number of carbonyl (C=O) groups is 1. The van der Waals surface area contributed by atoms with Crippen molar-refractivity contribution in [1.29, 1.82) is 0 Å². The summed E-state index contributed by atoms with van der Waals surface area (Å²) in [4.78, 5) is 13.3. The normalized spacial score (nSPS) is 18.7. The fraction of sp³-hybridized carbons (Fsp3) is 0.600. The maximum atomic E-state index is 11.7. The molecule has 15 heavy (non-hydrogen) atoms. The number of aliphatic hydroxyl groups is 1. The van der Waals surface area contributed by atoms with E-state index in [-0.39, 0.29) is 5.91 Å². The monoisotopic (exact) mass is 209 g/mol. The van der Waals surface area contributed by atoms with Crippen LogP contribution in [0.3, 0.4) is 0 Å². The Kier molecular flexibility index (Phi) is 2.48. The molecular formula is C10H15N3O2. The van der Waals surface area contributed by atoms with Crippen LogP contribution in [0.4, 0.5) is 0 Å². The molecule has 0 bridgehead atoms. The molecule has 1 saturated heterocycles. The molecule has 1 fully saturated rings. The average Bonchev–Trinajstić information content (AvgIpc) is 2.65. The van der Waals surface area contributed by atoms with Gasteiger partial charge in [-0.25, -0.2) is 0 Å². The Morgan fingerprint density at radius 3 is 3.00 bits per heavy atom. The summed E-state index contributed by atoms with van der Waals surface area (Å²) in [5.74, 6) is 0.0392. The van der Waals surface area contributed by atoms with Crippen LogP contribution < -0.4 is 0 Å². The lowest BCUT2D eigenvalue weighted by atomic mass is 9.91. The van der Waals surface area contributed by atoms with Crippen LogP contribution in [-0.4, -0.2) is 44.8 Å². The number of hydrogen-bond donors (Lipinski definition) is 2. The summed E-state index contributed by atoms with van der Waals surface area (Å²) >= 11 is 0. The van der Waals surface area contributed by atoms with E-state index in [9.17, 15) is 9.90 Å². The van der Waals surface area contributed by atoms with Gasteiger partial charge in [-0.3, -0.25) is 9.89 Å². The molecule has 1 aromatic heterocycles. The number of hydrogen-bond acceptors (Lipinski definition) is 3. The first-order valence-corrected chi connectivity index (χ1v) is 5.11. The summed E-state index contributed by atoms with van der Waals surface area (Å²) < 4.78 is 0. The third kappa shape index (κ3) is 2.02. The van der Waals surface area contributed by atoms with Gasteiger partial charge < -0.3 is 10.0 Å². The van der Waals surface area contributed by atoms with Crippen LogP contribution in [-0.2, 0) is 11.2 Å². The van der Waals surface area contributed by atoms with E-state index in [1.54, 1.807) is 17.2 Å². The molecule has 82 valence electrons. The molecule has 0 unspecified atom stereocenters. The Hall–Kier alpha value is -1.36. The minimum absolute atomic E-state index is 0.0392. The van der Waals surface area contributed by atoms with E-state index in [0.717, 1.165) is 5.69 Å². The summed E-state index contributed by atoms with van der Waals surface area (Å²) in [6.45, 7) is 2.84. The Morgan fingerprint density at radius 1 is 1.73 bits per heavy atom. The molecule has 0 radical (unpaired) electrons. The fourth-order valence-corrected chi connectivity index (χ4v) is 1.72. The van der Waals surface area contributed by atoms with E-state index >= 15 is 0 Å². The van der Waals surface area contributed by atoms with Gasteiger partial charge in [0.05, 0.1) is 25.1 Å². The predicted molar refractivity (Wildman–Crippen MR) is 54.1 cm³/mol. The molecule has 1 amide bonds. The number of nitrogens with zero attached hydrogens (tertiary/aromatic N) is 2. The number of aromatic amines is 1. The number of amides is 1. The zero-order valence-electron chi connectivity index (χ0n) is 8.73. The Labute approximate surface area is 88.1 Å². The number of nitrogens with one attached hydrogen (secondary N) is 1. The Bertz CT molecular complexity index is 342. The smallest absolute Gasteiger partial charge is 0.228 e. The molecule has 1 aliphatic rings. The lowest BCUT2D eigenvalue weighted by Gasteiger charge is -2.46. The predicted octanol–water partition coefficient (Wildman–Crippen LogP) is -0.0645. The van der Waals surface area contributed by atoms with Gasteiger partial charge in [-0.15, -0.1) is 0 Å². The summed E-state index contributed by atoms with van der Waals surface area (Å²) in [6.07, 6.45) is 2.65. The second kappa shape index (κ2) is 3.66. The first-order valence-electron chi connectivity index (χ1n) is 5.11. The molecule has 0 saturated carbocycles. The van der Waals surface area contributed by atoms with Gasteiger partial charge in [-0.2, -0.15) is 5.10 Å². The van der Waals surface area contributed by atoms with Gasteiger partial charge in [0.25, 0.3) is 0 Å². The van der Waals surface area contributed by atoms with Crippen molar-refractivity contribution in [2.24, 2.45) is 0 Å². The second-order valence-electron chi connectivity index (χ2n) is 4.09. The van der Waals surface area contributed by atoms with E-state index in [1.165, 1.54) is 0 Å². The molecule has 0 aromatic carbocycles. The van der Waals surface area contributed by atoms with Crippen molar-refractivity contribution in [1.82, 2.24) is 15.1 Å². The maximum Gasteiger partial charge on any atom is 0.228 e. The van der Waals surface area contributed by atoms with Crippen LogP contribution in [0.1, 0.15) is 19.0 Å². The van der Waals surface area contributed by atoms with Gasteiger partial charge in [0, 0.05) is 11.9 Å². The number of aromatic nitrogens is 2. The standard InChI is InChI=1S/C10H15N3O2/c1-2-10(15)6-13(7-10)9(14)5-8-3-4-11-12-8/h3-4,15H,2,5-7H2,1H3,(H,11,12). The van der Waals surface area contributed by atoms with Gasteiger partial charge in [-0.1, -0.05) is 6.92 Å². The summed E-state index contributed by atoms with van der Waals surface area (Å²) in [7, 11) is 0. The lowest BCUT2D eigenvalue weighted by Crippen LogP contribution is -2.63. The van der Waals surface area contributed by atoms with Crippen molar-refractivity contribution in [3.8, 4) is 0 Å². The molecule has 1 aliphatic heterocycles. The molecule has 0 atom stereocenters. The van der Waals surface area contributed by atoms with Gasteiger partial charge in [0.1, 0.15) is 0 Å². The highest BCUT2D eigenvalue weighted by Crippen LogP contribution is 2.24. The first kappa shape index (κ1) is 10.2. The second-order valence-corrected chi connectivity index (χ2v) is 4.09. The van der Waals surface area contributed by atoms with E-state index in [1.807, 2.05) is 6.92 Å². The highest BCUT2D eigenvalue weighted by Gasteiger charge is 2.41. The van der Waals surface area contributed by atoms with Crippen molar-refractivity contribution in [2.75, 3.05) is 13.1 Å². The lowest BCUT2D eigenvalue weighted by molar-refractivity contribution is -0.155. The summed E-state index contributed by atoms with van der Waals surface area (Å²) in [5.41, 5.74) is 0.163. The van der Waals surface area contributed by atoms with Crippen LogP contribution in [0.25, 0.3) is 0 Å². The molecule has 2 rings (SSSR count). The molecular weight excluding hydrogens is 194 g/mol. The minimum Gasteiger partial charge on any atom is -0.386 e. The average molecular weight is 209 g/mol. The summed E-state index contributed by atoms with van der Waals surface area (Å²) in [6, 6.07) is 1.78. The maximum absolute atomic E-state index is 11.7. The minimum atomic E-state index is -0.649. The fourth-order valence-electron chi connectivity index (χ4n) is 1.72. The van der Waals surface area contributed by atoms with E-state index in [0.29, 0.717) is 25.9 Å². The molecule has 5 nitrogen and oxygen atoms in total. The highest BCUT2D eigenvalue weighted by molar-refractivity contribution is 5.79. The zero-order chi connectivity index (χ0) is 10.9. The summed E-state index contributed by atoms with van der Waals surface area (Å²) in [5, 5.41) is 16.3. The van der Waals surface area contributed by atoms with Crippen LogP contribution in [0.2, 0.25) is 0 Å². The molecule has 0 spiro atoms. The SMILES string of the molecule is CCC1(O)CN(C(=O)Cc2ccn[nH]2)C1. The Balaban J connectivity index is 1.85. The molecule has 0 aliphatic carbocycles. The van der Waals surface area contributed by atoms with Gasteiger partial charge >= 0.3 is 0 Å². The van der Waals surface area contributed by atoms with Crippen molar-refractivity contribution in [3.63, 3.8) is 0 Å². The van der Waals surface area contributed by atoms with Gasteiger partial charge in [0.2, 0.25) is 5.91 Å². The molecule has 2 heterocycles. The third-order valence-electron chi connectivity index (χ3n) is 2.88. The number of carbonyl (C=O) groups excluding carboxylic acids is 1. The topological polar surface area (TPSA) is 69.2 Å². The zero-order valence-corrected chi connectivity index (χ0v) is 8.73. The van der Waals surface area contributed by atoms with Gasteiger partial charge in [0.15, 0.2) is 0 Å². The highest BCUT2D eigenvalue weighted by atomic mass is 16.3. The van der Waals surface area contributed by atoms with Gasteiger partial charge in [-0.05, 0) is 12.5 Å². The van der Waals surface area contributed by atoms with E-state index in [4.69, 9.17) is 0 Å². The van der Waals surface area contributed by atoms with E-state index < -0.39 is 5.60 Å². The molecule has 2 N–H and O–H groups in total. The van der Waals surface area contributed by atoms with Crippen LogP contribution >= 0.6 is 0 Å². The third-order valence-corrected chi connectivity index (χ3v) is 2.88. The van der Waals surface area contributed by atoms with Crippen molar-refractivity contribution in [2.45, 2.75) is 25.4 Å².